The molecule has 1 fully saturated rings. The van der Waals surface area contributed by atoms with Gasteiger partial charge in [-0.1, -0.05) is 0 Å². The summed E-state index contributed by atoms with van der Waals surface area (Å²) in [6, 6.07) is 3.55. The van der Waals surface area contributed by atoms with Gasteiger partial charge in [0.15, 0.2) is 0 Å². The van der Waals surface area contributed by atoms with Crippen LogP contribution in [0.5, 0.6) is 0 Å². The predicted molar refractivity (Wildman–Crippen MR) is 87.2 cm³/mol. The zero-order valence-corrected chi connectivity index (χ0v) is 14.3. The number of carbonyl (C=O) groups is 2. The Morgan fingerprint density at radius 3 is 2.92 bits per heavy atom. The molecule has 0 saturated carbocycles. The summed E-state index contributed by atoms with van der Waals surface area (Å²) >= 11 is 0. The Morgan fingerprint density at radius 1 is 1.40 bits per heavy atom. The monoisotopic (exact) mass is 347 g/mol. The lowest BCUT2D eigenvalue weighted by Crippen LogP contribution is -2.31. The topological polar surface area (TPSA) is 93.1 Å². The molecule has 3 rings (SSSR count). The SMILES string of the molecule is COCc1ccc(C2CCCN2C(=O)c2c(C)coc2CC(=O)O)o1. The van der Waals surface area contributed by atoms with E-state index in [4.69, 9.17) is 18.7 Å². The number of hydrogen-bond donors (Lipinski definition) is 1. The Morgan fingerprint density at radius 2 is 2.20 bits per heavy atom. The fraction of sp³-hybridized carbons (Fsp3) is 0.444. The van der Waals surface area contributed by atoms with Crippen LogP contribution in [-0.2, 0) is 22.6 Å². The van der Waals surface area contributed by atoms with Gasteiger partial charge in [-0.2, -0.15) is 0 Å². The number of amides is 1. The van der Waals surface area contributed by atoms with Gasteiger partial charge in [0.2, 0.25) is 0 Å². The van der Waals surface area contributed by atoms with Gasteiger partial charge >= 0.3 is 5.97 Å². The van der Waals surface area contributed by atoms with Gasteiger partial charge < -0.3 is 23.6 Å². The first-order valence-corrected chi connectivity index (χ1v) is 8.18. The first-order chi connectivity index (χ1) is 12.0. The van der Waals surface area contributed by atoms with E-state index in [-0.39, 0.29) is 24.1 Å². The van der Waals surface area contributed by atoms with Crippen molar-refractivity contribution in [2.75, 3.05) is 13.7 Å². The molecule has 3 heterocycles. The molecule has 25 heavy (non-hydrogen) atoms. The molecule has 0 spiro atoms. The van der Waals surface area contributed by atoms with Crippen LogP contribution in [0.25, 0.3) is 0 Å². The number of hydrogen-bond acceptors (Lipinski definition) is 5. The van der Waals surface area contributed by atoms with Gasteiger partial charge in [-0.05, 0) is 31.9 Å². The van der Waals surface area contributed by atoms with E-state index in [9.17, 15) is 9.59 Å². The van der Waals surface area contributed by atoms with Crippen LogP contribution in [0.2, 0.25) is 0 Å². The van der Waals surface area contributed by atoms with Crippen LogP contribution in [0.3, 0.4) is 0 Å². The van der Waals surface area contributed by atoms with Gasteiger partial charge in [0.25, 0.3) is 5.91 Å². The Bertz CT molecular complexity index is 774. The third kappa shape index (κ3) is 3.46. The summed E-state index contributed by atoms with van der Waals surface area (Å²) < 4.78 is 16.2. The smallest absolute Gasteiger partial charge is 0.311 e. The third-order valence-corrected chi connectivity index (χ3v) is 4.39. The van der Waals surface area contributed by atoms with E-state index < -0.39 is 5.97 Å². The zero-order valence-electron chi connectivity index (χ0n) is 14.3. The average Bonchev–Trinajstić information content (AvgIpc) is 3.26. The number of likely N-dealkylation sites (tertiary alicyclic amines) is 1. The van der Waals surface area contributed by atoms with Gasteiger partial charge in [-0.3, -0.25) is 9.59 Å². The van der Waals surface area contributed by atoms with Gasteiger partial charge in [0.05, 0.1) is 17.9 Å². The normalized spacial score (nSPS) is 17.2. The molecule has 1 N–H and O–H groups in total. The van der Waals surface area contributed by atoms with Crippen LogP contribution >= 0.6 is 0 Å². The van der Waals surface area contributed by atoms with E-state index in [2.05, 4.69) is 0 Å². The number of aryl methyl sites for hydroxylation is 1. The highest BCUT2D eigenvalue weighted by Crippen LogP contribution is 2.35. The minimum Gasteiger partial charge on any atom is -0.481 e. The molecule has 0 bridgehead atoms. The van der Waals surface area contributed by atoms with Crippen molar-refractivity contribution in [3.63, 3.8) is 0 Å². The number of ether oxygens (including phenoxy) is 1. The Balaban J connectivity index is 1.86. The van der Waals surface area contributed by atoms with Crippen LogP contribution in [0, 0.1) is 6.92 Å². The van der Waals surface area contributed by atoms with E-state index in [1.54, 1.807) is 18.9 Å². The summed E-state index contributed by atoms with van der Waals surface area (Å²) in [6.07, 6.45) is 2.78. The van der Waals surface area contributed by atoms with Crippen LogP contribution in [0.4, 0.5) is 0 Å². The van der Waals surface area contributed by atoms with Crippen LogP contribution in [-0.4, -0.2) is 35.5 Å². The minimum atomic E-state index is -1.03. The maximum absolute atomic E-state index is 13.1. The highest BCUT2D eigenvalue weighted by atomic mass is 16.5. The Kier molecular flexibility index (Phi) is 4.94. The van der Waals surface area contributed by atoms with E-state index in [1.807, 2.05) is 12.1 Å². The van der Waals surface area contributed by atoms with Crippen LogP contribution < -0.4 is 0 Å². The molecule has 0 aliphatic carbocycles. The zero-order chi connectivity index (χ0) is 18.0. The van der Waals surface area contributed by atoms with Crippen molar-refractivity contribution in [3.05, 3.63) is 46.8 Å². The number of rotatable bonds is 6. The van der Waals surface area contributed by atoms with Crippen molar-refractivity contribution >= 4 is 11.9 Å². The molecular weight excluding hydrogens is 326 g/mol. The third-order valence-electron chi connectivity index (χ3n) is 4.39. The van der Waals surface area contributed by atoms with Gasteiger partial charge in [-0.25, -0.2) is 0 Å². The second kappa shape index (κ2) is 7.14. The maximum Gasteiger partial charge on any atom is 0.311 e. The van der Waals surface area contributed by atoms with Crippen LogP contribution in [0.15, 0.2) is 27.2 Å². The number of aliphatic carboxylic acids is 1. The largest absolute Gasteiger partial charge is 0.481 e. The maximum atomic E-state index is 13.1. The predicted octanol–water partition coefficient (Wildman–Crippen LogP) is 2.93. The van der Waals surface area contributed by atoms with Crippen molar-refractivity contribution in [2.45, 2.75) is 38.8 Å². The first kappa shape index (κ1) is 17.3. The summed E-state index contributed by atoms with van der Waals surface area (Å²) in [5.74, 6) is 0.383. The summed E-state index contributed by atoms with van der Waals surface area (Å²) in [5.41, 5.74) is 0.990. The number of carbonyl (C=O) groups excluding carboxylic acids is 1. The fourth-order valence-electron chi connectivity index (χ4n) is 3.30. The minimum absolute atomic E-state index is 0.162. The van der Waals surface area contributed by atoms with Crippen molar-refractivity contribution in [2.24, 2.45) is 0 Å². The highest BCUT2D eigenvalue weighted by Gasteiger charge is 2.35. The van der Waals surface area contributed by atoms with Crippen molar-refractivity contribution in [1.29, 1.82) is 0 Å². The van der Waals surface area contributed by atoms with Gasteiger partial charge in [0.1, 0.15) is 30.3 Å². The molecule has 1 unspecified atom stereocenters. The molecule has 0 radical (unpaired) electrons. The van der Waals surface area contributed by atoms with E-state index in [0.717, 1.165) is 18.6 Å². The molecule has 2 aromatic heterocycles. The summed E-state index contributed by atoms with van der Waals surface area (Å²) in [4.78, 5) is 25.8. The first-order valence-electron chi connectivity index (χ1n) is 8.18. The molecule has 1 aliphatic rings. The summed E-state index contributed by atoms with van der Waals surface area (Å²) in [6.45, 7) is 2.72. The number of nitrogens with zero attached hydrogens (tertiary/aromatic N) is 1. The molecule has 2 aromatic rings. The average molecular weight is 347 g/mol. The quantitative estimate of drug-likeness (QED) is 0.863. The number of furan rings is 2. The standard InChI is InChI=1S/C18H21NO6/c1-11-9-24-15(8-16(20)21)17(11)18(22)19-7-3-4-13(19)14-6-5-12(25-14)10-23-2/h5-6,9,13H,3-4,7-8,10H2,1-2H3,(H,20,21). The van der Waals surface area contributed by atoms with Crippen molar-refractivity contribution in [3.8, 4) is 0 Å². The molecule has 7 heteroatoms. The van der Waals surface area contributed by atoms with Gasteiger partial charge in [0, 0.05) is 19.2 Å². The van der Waals surface area contributed by atoms with Crippen molar-refractivity contribution < 1.29 is 28.3 Å². The molecular formula is C18H21NO6. The highest BCUT2D eigenvalue weighted by molar-refractivity contribution is 5.97. The lowest BCUT2D eigenvalue weighted by molar-refractivity contribution is -0.136. The Labute approximate surface area is 145 Å². The van der Waals surface area contributed by atoms with Crippen LogP contribution in [0.1, 0.15) is 52.1 Å². The lowest BCUT2D eigenvalue weighted by Gasteiger charge is -2.23. The number of carboxylic acid groups (broad SMARTS) is 1. The van der Waals surface area contributed by atoms with E-state index >= 15 is 0 Å². The molecule has 134 valence electrons. The van der Waals surface area contributed by atoms with E-state index in [0.29, 0.717) is 30.0 Å². The lowest BCUT2D eigenvalue weighted by atomic mass is 10.1. The molecule has 1 atom stereocenters. The Hall–Kier alpha value is -2.54. The molecule has 1 aliphatic heterocycles. The second-order valence-corrected chi connectivity index (χ2v) is 6.18. The fourth-order valence-corrected chi connectivity index (χ4v) is 3.30. The van der Waals surface area contributed by atoms with Crippen molar-refractivity contribution in [1.82, 2.24) is 4.90 Å². The number of methoxy groups -OCH3 is 1. The molecule has 1 amide bonds. The summed E-state index contributed by atoms with van der Waals surface area (Å²) in [7, 11) is 1.60. The molecule has 1 saturated heterocycles. The summed E-state index contributed by atoms with van der Waals surface area (Å²) in [5, 5.41) is 9.02. The molecule has 7 nitrogen and oxygen atoms in total. The number of carboxylic acids is 1. The van der Waals surface area contributed by atoms with Gasteiger partial charge in [-0.15, -0.1) is 0 Å². The molecule has 0 aromatic carbocycles. The second-order valence-electron chi connectivity index (χ2n) is 6.18. The van der Waals surface area contributed by atoms with E-state index in [1.165, 1.54) is 6.26 Å².